The number of likely N-dealkylation sites (N-methyl/N-ethyl adjacent to an activating group) is 2. The molecule has 0 saturated carbocycles. The van der Waals surface area contributed by atoms with Gasteiger partial charge in [-0.25, -0.2) is 10.9 Å². The highest BCUT2D eigenvalue weighted by atomic mass is 16.5. The zero-order valence-corrected chi connectivity index (χ0v) is 43.2. The molecule has 0 bridgehead atoms. The number of benzene rings is 2. The molecule has 2 rings (SSSR count). The second kappa shape index (κ2) is 38.2. The minimum Gasteiger partial charge on any atom is -0.488 e. The second-order valence-corrected chi connectivity index (χ2v) is 20.2. The zero-order chi connectivity index (χ0) is 47.8. The lowest BCUT2D eigenvalue weighted by atomic mass is 10.0. The molecule has 2 N–H and O–H groups in total. The van der Waals surface area contributed by atoms with Crippen LogP contribution in [0.3, 0.4) is 0 Å². The van der Waals surface area contributed by atoms with Crippen molar-refractivity contribution < 1.29 is 28.0 Å². The Hall–Kier alpha value is -3.76. The normalized spacial score (nSPS) is 12.0. The number of ether oxygens (including phenoxy) is 2. The van der Waals surface area contributed by atoms with Crippen molar-refractivity contribution in [1.29, 1.82) is 0 Å². The van der Waals surface area contributed by atoms with E-state index in [4.69, 9.17) is 9.47 Å². The predicted molar refractivity (Wildman–Crippen MR) is 280 cm³/mol. The summed E-state index contributed by atoms with van der Waals surface area (Å²) in [5, 5.41) is 7.86. The van der Waals surface area contributed by atoms with Gasteiger partial charge in [-0.05, 0) is 85.3 Å². The molecule has 0 radical (unpaired) electrons. The van der Waals surface area contributed by atoms with E-state index in [9.17, 15) is 9.59 Å². The van der Waals surface area contributed by atoms with Gasteiger partial charge in [0.2, 0.25) is 0 Å². The Morgan fingerprint density at radius 3 is 0.939 bits per heavy atom. The molecule has 10 nitrogen and oxygen atoms in total. The topological polar surface area (TPSA) is 101 Å². The van der Waals surface area contributed by atoms with E-state index in [0.717, 1.165) is 57.8 Å². The Labute approximate surface area is 404 Å². The van der Waals surface area contributed by atoms with Crippen molar-refractivity contribution in [2.75, 3.05) is 67.6 Å². The SMILES string of the molecule is CCCCCCCCCCCCCCCC[N+](C)(C)CCOc1ccc(C=NNC(=O)C(=O)NN=Cc2ccc(OCC[N+](C)(C)CCCCCCCCCCCCCCCC)cc2)cc1. The molecule has 2 amide bonds. The van der Waals surface area contributed by atoms with Crippen LogP contribution < -0.4 is 20.3 Å². The molecule has 0 aliphatic carbocycles. The first-order valence-corrected chi connectivity index (χ1v) is 26.8. The van der Waals surface area contributed by atoms with Gasteiger partial charge in [-0.15, -0.1) is 0 Å². The Morgan fingerprint density at radius 2 is 0.667 bits per heavy atom. The van der Waals surface area contributed by atoms with Gasteiger partial charge in [-0.2, -0.15) is 10.2 Å². The molecular formula is C56H98N6O4+2. The quantitative estimate of drug-likeness (QED) is 0.0228. The number of amides is 2. The highest BCUT2D eigenvalue weighted by Gasteiger charge is 2.16. The number of hydrazone groups is 2. The smallest absolute Gasteiger partial charge is 0.331 e. The van der Waals surface area contributed by atoms with E-state index in [1.54, 1.807) is 0 Å². The number of unbranched alkanes of at least 4 members (excludes halogenated alkanes) is 26. The lowest BCUT2D eigenvalue weighted by molar-refractivity contribution is -0.890. The van der Waals surface area contributed by atoms with Gasteiger partial charge < -0.3 is 18.4 Å². The number of nitrogens with zero attached hydrogens (tertiary/aromatic N) is 4. The van der Waals surface area contributed by atoms with Gasteiger partial charge in [-0.1, -0.05) is 168 Å². The first kappa shape index (κ1) is 58.4. The predicted octanol–water partition coefficient (Wildman–Crippen LogP) is 13.2. The van der Waals surface area contributed by atoms with Crippen molar-refractivity contribution >= 4 is 24.2 Å². The maximum Gasteiger partial charge on any atom is 0.331 e. The van der Waals surface area contributed by atoms with Crippen LogP contribution in [-0.4, -0.2) is 101 Å². The lowest BCUT2D eigenvalue weighted by Crippen LogP contribution is -2.43. The fourth-order valence-corrected chi connectivity index (χ4v) is 8.25. The third-order valence-corrected chi connectivity index (χ3v) is 12.9. The number of nitrogens with one attached hydrogen (secondary N) is 2. The summed E-state index contributed by atoms with van der Waals surface area (Å²) >= 11 is 0. The van der Waals surface area contributed by atoms with E-state index in [2.05, 4.69) is 63.1 Å². The van der Waals surface area contributed by atoms with Crippen LogP contribution in [0.25, 0.3) is 0 Å². The van der Waals surface area contributed by atoms with E-state index < -0.39 is 11.8 Å². The van der Waals surface area contributed by atoms with E-state index in [0.29, 0.717) is 13.2 Å². The van der Waals surface area contributed by atoms with Gasteiger partial charge >= 0.3 is 11.8 Å². The minimum absolute atomic E-state index is 0.643. The fraction of sp³-hybridized carbons (Fsp3) is 0.714. The van der Waals surface area contributed by atoms with Gasteiger partial charge in [0.25, 0.3) is 0 Å². The molecule has 0 heterocycles. The number of hydrogen-bond donors (Lipinski definition) is 2. The maximum atomic E-state index is 12.3. The Balaban J connectivity index is 1.50. The van der Waals surface area contributed by atoms with E-state index in [1.165, 1.54) is 192 Å². The molecule has 0 aliphatic heterocycles. The van der Waals surface area contributed by atoms with Gasteiger partial charge in [0.05, 0.1) is 53.7 Å². The first-order valence-electron chi connectivity index (χ1n) is 26.8. The summed E-state index contributed by atoms with van der Waals surface area (Å²) in [7, 11) is 9.12. The third-order valence-electron chi connectivity index (χ3n) is 12.9. The van der Waals surface area contributed by atoms with Crippen molar-refractivity contribution in [3.05, 3.63) is 59.7 Å². The average molecular weight is 919 g/mol. The highest BCUT2D eigenvalue weighted by molar-refractivity contribution is 6.35. The molecule has 2 aromatic rings. The molecule has 0 fully saturated rings. The molecule has 0 aromatic heterocycles. The van der Waals surface area contributed by atoms with Crippen LogP contribution in [0.15, 0.2) is 58.7 Å². The van der Waals surface area contributed by atoms with Crippen molar-refractivity contribution in [3.63, 3.8) is 0 Å². The Morgan fingerprint density at radius 1 is 0.409 bits per heavy atom. The molecule has 0 spiro atoms. The van der Waals surface area contributed by atoms with Gasteiger partial charge in [0, 0.05) is 0 Å². The van der Waals surface area contributed by atoms with Crippen LogP contribution in [0.4, 0.5) is 0 Å². The van der Waals surface area contributed by atoms with Crippen LogP contribution >= 0.6 is 0 Å². The maximum absolute atomic E-state index is 12.3. The molecule has 0 atom stereocenters. The number of hydrogen-bond acceptors (Lipinski definition) is 6. The molecule has 10 heteroatoms. The van der Waals surface area contributed by atoms with Crippen LogP contribution in [-0.2, 0) is 9.59 Å². The monoisotopic (exact) mass is 919 g/mol. The fourth-order valence-electron chi connectivity index (χ4n) is 8.25. The highest BCUT2D eigenvalue weighted by Crippen LogP contribution is 2.17. The minimum atomic E-state index is -0.910. The summed E-state index contributed by atoms with van der Waals surface area (Å²) in [6.45, 7) is 10.1. The standard InChI is InChI=1S/C56H96N6O4/c1-7-9-11-13-15-17-19-21-23-25-27-29-31-33-43-61(3,4)45-47-65-53-39-35-51(36-40-53)49-57-59-55(63)56(64)60-58-50-52-37-41-54(42-38-52)66-48-46-62(5,6)44-34-32-30-28-26-24-22-20-18-16-14-12-10-8-2/h35-42,49-50H,7-34,43-48H2,1-6H3/p+2. The second-order valence-electron chi connectivity index (χ2n) is 20.2. The average Bonchev–Trinajstić information content (AvgIpc) is 3.30. The zero-order valence-electron chi connectivity index (χ0n) is 43.2. The van der Waals surface area contributed by atoms with Gasteiger partial charge in [0.1, 0.15) is 37.8 Å². The summed E-state index contributed by atoms with van der Waals surface area (Å²) in [4.78, 5) is 24.5. The molecule has 0 aliphatic rings. The summed E-state index contributed by atoms with van der Waals surface area (Å²) in [6.07, 6.45) is 41.7. The molecule has 0 saturated heterocycles. The number of carbonyl (C=O) groups is 2. The van der Waals surface area contributed by atoms with Crippen molar-refractivity contribution in [3.8, 4) is 11.5 Å². The molecular weight excluding hydrogens is 821 g/mol. The van der Waals surface area contributed by atoms with Crippen LogP contribution in [0.2, 0.25) is 0 Å². The van der Waals surface area contributed by atoms with Crippen molar-refractivity contribution in [2.45, 2.75) is 194 Å². The summed E-state index contributed by atoms with van der Waals surface area (Å²) in [5.41, 5.74) is 6.05. The van der Waals surface area contributed by atoms with E-state index >= 15 is 0 Å². The molecule has 2 aromatic carbocycles. The van der Waals surface area contributed by atoms with E-state index in [-0.39, 0.29) is 0 Å². The van der Waals surface area contributed by atoms with Crippen molar-refractivity contribution in [1.82, 2.24) is 10.9 Å². The Bertz CT molecular complexity index is 1430. The van der Waals surface area contributed by atoms with E-state index in [1.807, 2.05) is 48.5 Å². The molecule has 374 valence electrons. The lowest BCUT2D eigenvalue weighted by Gasteiger charge is -2.29. The summed E-state index contributed by atoms with van der Waals surface area (Å²) in [6, 6.07) is 15.0. The molecule has 0 unspecified atom stereocenters. The largest absolute Gasteiger partial charge is 0.488 e. The summed E-state index contributed by atoms with van der Waals surface area (Å²) < 4.78 is 14.0. The molecule has 66 heavy (non-hydrogen) atoms. The van der Waals surface area contributed by atoms with Crippen LogP contribution in [0.1, 0.15) is 205 Å². The van der Waals surface area contributed by atoms with Crippen LogP contribution in [0.5, 0.6) is 11.5 Å². The van der Waals surface area contributed by atoms with Crippen LogP contribution in [0, 0.1) is 0 Å². The van der Waals surface area contributed by atoms with Gasteiger partial charge in [-0.3, -0.25) is 9.59 Å². The Kier molecular flexibility index (Phi) is 33.8. The first-order chi connectivity index (χ1) is 32.0. The third kappa shape index (κ3) is 32.8. The van der Waals surface area contributed by atoms with Gasteiger partial charge in [0.15, 0.2) is 0 Å². The number of quaternary nitrogens is 2. The number of carbonyl (C=O) groups excluding carboxylic acids is 2. The number of rotatable bonds is 42. The summed E-state index contributed by atoms with van der Waals surface area (Å²) in [5.74, 6) is -0.243. The van der Waals surface area contributed by atoms with Crippen molar-refractivity contribution in [2.24, 2.45) is 10.2 Å².